The maximum Gasteiger partial charge on any atom is 0.257 e. The number of fused-ring (bicyclic) bond motifs is 1. The Morgan fingerprint density at radius 2 is 2.23 bits per heavy atom. The molecule has 0 saturated carbocycles. The molecule has 26 heavy (non-hydrogen) atoms. The molecule has 0 saturated heterocycles. The number of ether oxygens (including phenoxy) is 1. The molecular weight excluding hydrogens is 334 g/mol. The summed E-state index contributed by atoms with van der Waals surface area (Å²) in [7, 11) is 4.92. The first kappa shape index (κ1) is 17.9. The minimum atomic E-state index is -0.244. The molecule has 1 aliphatic carbocycles. The topological polar surface area (TPSA) is 89.3 Å². The molecule has 0 fully saturated rings. The quantitative estimate of drug-likeness (QED) is 0.868. The van der Waals surface area contributed by atoms with Gasteiger partial charge in [0.1, 0.15) is 12.1 Å². The minimum absolute atomic E-state index is 0.0227. The first-order valence-corrected chi connectivity index (χ1v) is 8.56. The van der Waals surface area contributed by atoms with Crippen molar-refractivity contribution in [2.75, 3.05) is 21.2 Å². The first-order valence-electron chi connectivity index (χ1n) is 8.56. The lowest BCUT2D eigenvalue weighted by Crippen LogP contribution is -2.31. The zero-order chi connectivity index (χ0) is 18.7. The van der Waals surface area contributed by atoms with E-state index in [1.807, 2.05) is 6.20 Å². The fraction of sp³-hybridized carbons (Fsp3) is 0.444. The van der Waals surface area contributed by atoms with E-state index >= 15 is 0 Å². The van der Waals surface area contributed by atoms with E-state index < -0.39 is 0 Å². The first-order chi connectivity index (χ1) is 12.5. The van der Waals surface area contributed by atoms with Crippen LogP contribution < -0.4 is 10.1 Å². The van der Waals surface area contributed by atoms with Gasteiger partial charge in [-0.25, -0.2) is 4.98 Å². The number of amides is 2. The molecule has 1 atom stereocenters. The van der Waals surface area contributed by atoms with Crippen molar-refractivity contribution in [1.29, 1.82) is 0 Å². The van der Waals surface area contributed by atoms with E-state index in [0.29, 0.717) is 11.4 Å². The number of rotatable bonds is 5. The van der Waals surface area contributed by atoms with Crippen molar-refractivity contribution in [3.8, 4) is 5.88 Å². The zero-order valence-corrected chi connectivity index (χ0v) is 15.2. The van der Waals surface area contributed by atoms with Gasteiger partial charge in [-0.2, -0.15) is 5.10 Å². The second-order valence-corrected chi connectivity index (χ2v) is 6.50. The number of aryl methyl sites for hydroxylation is 1. The third-order valence-corrected chi connectivity index (χ3v) is 4.45. The third-order valence-electron chi connectivity index (χ3n) is 4.45. The average molecular weight is 357 g/mol. The van der Waals surface area contributed by atoms with Crippen LogP contribution in [-0.2, 0) is 17.8 Å². The summed E-state index contributed by atoms with van der Waals surface area (Å²) in [6, 6.07) is 3.19. The Morgan fingerprint density at radius 1 is 1.42 bits per heavy atom. The summed E-state index contributed by atoms with van der Waals surface area (Å²) in [6.07, 6.45) is 6.14. The molecule has 2 heterocycles. The van der Waals surface area contributed by atoms with Gasteiger partial charge >= 0.3 is 0 Å². The molecule has 0 aliphatic heterocycles. The fourth-order valence-electron chi connectivity index (χ4n) is 3.06. The van der Waals surface area contributed by atoms with E-state index in [0.717, 1.165) is 30.5 Å². The van der Waals surface area contributed by atoms with Crippen LogP contribution in [0.5, 0.6) is 5.88 Å². The molecule has 0 bridgehead atoms. The van der Waals surface area contributed by atoms with Crippen molar-refractivity contribution < 1.29 is 14.3 Å². The van der Waals surface area contributed by atoms with Crippen LogP contribution >= 0.6 is 0 Å². The summed E-state index contributed by atoms with van der Waals surface area (Å²) in [4.78, 5) is 30.2. The maximum absolute atomic E-state index is 12.6. The van der Waals surface area contributed by atoms with Crippen molar-refractivity contribution in [2.45, 2.75) is 31.8 Å². The summed E-state index contributed by atoms with van der Waals surface area (Å²) in [5.41, 5.74) is 2.30. The Morgan fingerprint density at radius 3 is 2.96 bits per heavy atom. The molecule has 8 heteroatoms. The van der Waals surface area contributed by atoms with Crippen LogP contribution in [0.4, 0.5) is 0 Å². The molecule has 138 valence electrons. The molecule has 8 nitrogen and oxygen atoms in total. The van der Waals surface area contributed by atoms with E-state index in [-0.39, 0.29) is 24.4 Å². The largest absolute Gasteiger partial charge is 0.480 e. The van der Waals surface area contributed by atoms with Gasteiger partial charge in [-0.1, -0.05) is 0 Å². The van der Waals surface area contributed by atoms with Gasteiger partial charge in [0, 0.05) is 26.5 Å². The second kappa shape index (κ2) is 7.55. The summed E-state index contributed by atoms with van der Waals surface area (Å²) >= 11 is 0. The van der Waals surface area contributed by atoms with Gasteiger partial charge in [0.05, 0.1) is 18.8 Å². The highest BCUT2D eigenvalue weighted by Gasteiger charge is 2.27. The molecule has 3 rings (SSSR count). The second-order valence-electron chi connectivity index (χ2n) is 6.50. The molecule has 0 aromatic carbocycles. The molecule has 1 aliphatic rings. The molecule has 2 amide bonds. The number of hydrogen-bond donors (Lipinski definition) is 1. The SMILES string of the molecule is COc1ncccc1C(=O)N[C@H]1CCCc2cn(CC(=O)N(C)C)nc21. The van der Waals surface area contributed by atoms with Crippen LogP contribution in [0.15, 0.2) is 24.5 Å². The molecule has 2 aromatic heterocycles. The van der Waals surface area contributed by atoms with E-state index in [1.54, 1.807) is 37.1 Å². The highest BCUT2D eigenvalue weighted by molar-refractivity contribution is 5.96. The predicted molar refractivity (Wildman–Crippen MR) is 94.9 cm³/mol. The summed E-state index contributed by atoms with van der Waals surface area (Å²) in [5.74, 6) is 0.0281. The molecule has 0 radical (unpaired) electrons. The Balaban J connectivity index is 1.78. The summed E-state index contributed by atoms with van der Waals surface area (Å²) in [5, 5.41) is 7.58. The highest BCUT2D eigenvalue weighted by atomic mass is 16.5. The number of pyridine rings is 1. The normalized spacial score (nSPS) is 15.9. The van der Waals surface area contributed by atoms with Crippen molar-refractivity contribution in [2.24, 2.45) is 0 Å². The number of carbonyl (C=O) groups is 2. The smallest absolute Gasteiger partial charge is 0.257 e. The molecular formula is C18H23N5O3. The van der Waals surface area contributed by atoms with Crippen LogP contribution in [0, 0.1) is 0 Å². The van der Waals surface area contributed by atoms with Crippen LogP contribution in [0.1, 0.15) is 40.5 Å². The van der Waals surface area contributed by atoms with Gasteiger partial charge in [0.15, 0.2) is 0 Å². The van der Waals surface area contributed by atoms with Crippen molar-refractivity contribution in [3.63, 3.8) is 0 Å². The van der Waals surface area contributed by atoms with E-state index in [4.69, 9.17) is 4.74 Å². The van der Waals surface area contributed by atoms with E-state index in [1.165, 1.54) is 12.0 Å². The Bertz CT molecular complexity index is 815. The summed E-state index contributed by atoms with van der Waals surface area (Å²) < 4.78 is 6.82. The van der Waals surface area contributed by atoms with Crippen molar-refractivity contribution in [1.82, 2.24) is 25.0 Å². The van der Waals surface area contributed by atoms with Gasteiger partial charge in [-0.05, 0) is 37.0 Å². The van der Waals surface area contributed by atoms with Crippen molar-refractivity contribution in [3.05, 3.63) is 41.3 Å². The number of likely N-dealkylation sites (N-methyl/N-ethyl adjacent to an activating group) is 1. The van der Waals surface area contributed by atoms with E-state index in [9.17, 15) is 9.59 Å². The number of nitrogens with one attached hydrogen (secondary N) is 1. The molecule has 1 N–H and O–H groups in total. The molecule has 0 unspecified atom stereocenters. The van der Waals surface area contributed by atoms with Crippen LogP contribution in [-0.4, -0.2) is 52.7 Å². The Labute approximate surface area is 152 Å². The standard InChI is InChI=1S/C18H23N5O3/c1-22(2)15(24)11-23-10-12-6-4-8-14(16(12)21-23)20-17(25)13-7-5-9-19-18(13)26-3/h5,7,9-10,14H,4,6,8,11H2,1-3H3,(H,20,25)/t14-/m0/s1. The van der Waals surface area contributed by atoms with Crippen LogP contribution in [0.3, 0.4) is 0 Å². The van der Waals surface area contributed by atoms with Crippen LogP contribution in [0.25, 0.3) is 0 Å². The van der Waals surface area contributed by atoms with Gasteiger partial charge in [0.25, 0.3) is 5.91 Å². The lowest BCUT2D eigenvalue weighted by atomic mass is 9.93. The van der Waals surface area contributed by atoms with Gasteiger partial charge in [-0.15, -0.1) is 0 Å². The number of nitrogens with zero attached hydrogens (tertiary/aromatic N) is 4. The van der Waals surface area contributed by atoms with Crippen LogP contribution in [0.2, 0.25) is 0 Å². The Kier molecular flexibility index (Phi) is 5.20. The van der Waals surface area contributed by atoms with Crippen molar-refractivity contribution >= 4 is 11.8 Å². The highest BCUT2D eigenvalue weighted by Crippen LogP contribution is 2.29. The summed E-state index contributed by atoms with van der Waals surface area (Å²) in [6.45, 7) is 0.192. The molecule has 2 aromatic rings. The molecule has 0 spiro atoms. The lowest BCUT2D eigenvalue weighted by Gasteiger charge is -2.22. The predicted octanol–water partition coefficient (Wildman–Crippen LogP) is 1.18. The number of carbonyl (C=O) groups excluding carboxylic acids is 2. The van der Waals surface area contributed by atoms with Gasteiger partial charge in [-0.3, -0.25) is 14.3 Å². The maximum atomic E-state index is 12.6. The number of methoxy groups -OCH3 is 1. The van der Waals surface area contributed by atoms with E-state index in [2.05, 4.69) is 15.4 Å². The lowest BCUT2D eigenvalue weighted by molar-refractivity contribution is -0.129. The Hall–Kier alpha value is -2.90. The number of aromatic nitrogens is 3. The minimum Gasteiger partial charge on any atom is -0.480 e. The average Bonchev–Trinajstić information content (AvgIpc) is 3.05. The third kappa shape index (κ3) is 3.68. The monoisotopic (exact) mass is 357 g/mol. The van der Waals surface area contributed by atoms with Gasteiger partial charge < -0.3 is 15.0 Å². The van der Waals surface area contributed by atoms with Gasteiger partial charge in [0.2, 0.25) is 11.8 Å². The fourth-order valence-corrected chi connectivity index (χ4v) is 3.06. The zero-order valence-electron chi connectivity index (χ0n) is 15.2. The number of hydrogen-bond acceptors (Lipinski definition) is 5.